The zero-order chi connectivity index (χ0) is 28.7. The lowest BCUT2D eigenvalue weighted by Crippen LogP contribution is -2.59. The van der Waals surface area contributed by atoms with Crippen LogP contribution in [0, 0.1) is 5.92 Å². The van der Waals surface area contributed by atoms with Gasteiger partial charge in [0.1, 0.15) is 17.7 Å². The molecule has 0 aromatic heterocycles. The molecule has 2 N–H and O–H groups in total. The minimum atomic E-state index is -0.904. The third kappa shape index (κ3) is 8.89. The van der Waals surface area contributed by atoms with Crippen molar-refractivity contribution in [3.8, 4) is 0 Å². The van der Waals surface area contributed by atoms with E-state index in [1.165, 1.54) is 0 Å². The molecule has 2 aromatic rings. The summed E-state index contributed by atoms with van der Waals surface area (Å²) in [4.78, 5) is 42.3. The smallest absolute Gasteiger partial charge is 0.408 e. The number of alkyl carbamates (subject to hydrolysis) is 1. The van der Waals surface area contributed by atoms with Gasteiger partial charge >= 0.3 is 6.09 Å². The molecule has 0 aliphatic rings. The fourth-order valence-corrected chi connectivity index (χ4v) is 4.18. The van der Waals surface area contributed by atoms with E-state index >= 15 is 0 Å². The average molecular weight is 524 g/mol. The predicted molar refractivity (Wildman–Crippen MR) is 151 cm³/mol. The minimum Gasteiger partial charge on any atom is -0.444 e. The first kappa shape index (κ1) is 30.9. The minimum absolute atomic E-state index is 0.240. The van der Waals surface area contributed by atoms with Crippen LogP contribution in [0.3, 0.4) is 0 Å². The number of hydrogen-bond acceptors (Lipinski definition) is 4. The molecule has 7 nitrogen and oxygen atoms in total. The molecule has 0 bridgehead atoms. The van der Waals surface area contributed by atoms with Crippen molar-refractivity contribution in [2.75, 3.05) is 0 Å². The normalized spacial score (nSPS) is 13.4. The lowest BCUT2D eigenvalue weighted by Gasteiger charge is -2.43. The number of carbonyl (C=O) groups excluding carboxylic acids is 3. The molecule has 0 aliphatic heterocycles. The molecule has 0 heterocycles. The van der Waals surface area contributed by atoms with Crippen LogP contribution in [0.1, 0.15) is 85.0 Å². The third-order valence-corrected chi connectivity index (χ3v) is 6.08. The van der Waals surface area contributed by atoms with Crippen LogP contribution >= 0.6 is 0 Å². The summed E-state index contributed by atoms with van der Waals surface area (Å²) in [5.74, 6) is -0.880. The largest absolute Gasteiger partial charge is 0.444 e. The van der Waals surface area contributed by atoms with E-state index in [1.807, 2.05) is 89.2 Å². The van der Waals surface area contributed by atoms with E-state index in [4.69, 9.17) is 4.74 Å². The third-order valence-electron chi connectivity index (χ3n) is 6.08. The molecule has 0 aliphatic carbocycles. The number of aryl methyl sites for hydroxylation is 1. The number of hydrogen-bond donors (Lipinski definition) is 2. The summed E-state index contributed by atoms with van der Waals surface area (Å²) in [6, 6.07) is 15.6. The molecule has 2 atom stereocenters. The molecule has 2 aromatic carbocycles. The molecule has 7 heteroatoms. The summed E-state index contributed by atoms with van der Waals surface area (Å²) in [6.07, 6.45) is 0.193. The quantitative estimate of drug-likeness (QED) is 0.436. The number of amides is 3. The number of nitrogens with zero attached hydrogens (tertiary/aromatic N) is 1. The molecule has 208 valence electrons. The maximum absolute atomic E-state index is 14.2. The van der Waals surface area contributed by atoms with Crippen LogP contribution in [0.25, 0.3) is 0 Å². The van der Waals surface area contributed by atoms with E-state index in [0.29, 0.717) is 12.1 Å². The second-order valence-corrected chi connectivity index (χ2v) is 11.9. The van der Waals surface area contributed by atoms with Gasteiger partial charge in [-0.2, -0.15) is 0 Å². The van der Waals surface area contributed by atoms with Gasteiger partial charge in [0.15, 0.2) is 0 Å². The fourth-order valence-electron chi connectivity index (χ4n) is 4.18. The molecule has 2 unspecified atom stereocenters. The Bertz CT molecular complexity index is 1070. The van der Waals surface area contributed by atoms with Crippen molar-refractivity contribution in [3.63, 3.8) is 0 Å². The van der Waals surface area contributed by atoms with E-state index in [2.05, 4.69) is 17.6 Å². The van der Waals surface area contributed by atoms with E-state index < -0.39 is 29.3 Å². The molecule has 2 rings (SSSR count). The second-order valence-electron chi connectivity index (χ2n) is 11.9. The van der Waals surface area contributed by atoms with Gasteiger partial charge in [-0.25, -0.2) is 4.79 Å². The van der Waals surface area contributed by atoms with Gasteiger partial charge < -0.3 is 20.3 Å². The monoisotopic (exact) mass is 523 g/mol. The predicted octanol–water partition coefficient (Wildman–Crippen LogP) is 5.78. The molecular weight excluding hydrogens is 478 g/mol. The summed E-state index contributed by atoms with van der Waals surface area (Å²) in [6.45, 7) is 17.1. The molecule has 0 saturated heterocycles. The topological polar surface area (TPSA) is 87.7 Å². The Morgan fingerprint density at radius 3 is 1.92 bits per heavy atom. The van der Waals surface area contributed by atoms with Gasteiger partial charge in [-0.05, 0) is 70.6 Å². The molecule has 0 fully saturated rings. The molecule has 3 amide bonds. The second kappa shape index (κ2) is 12.9. The van der Waals surface area contributed by atoms with Crippen molar-refractivity contribution >= 4 is 17.9 Å². The first-order chi connectivity index (χ1) is 17.6. The van der Waals surface area contributed by atoms with E-state index in [-0.39, 0.29) is 17.7 Å². The van der Waals surface area contributed by atoms with Gasteiger partial charge in [-0.3, -0.25) is 9.59 Å². The molecular formula is C31H45N3O4. The van der Waals surface area contributed by atoms with Crippen molar-refractivity contribution in [1.29, 1.82) is 0 Å². The Balaban J connectivity index is 2.51. The Labute approximate surface area is 228 Å². The summed E-state index contributed by atoms with van der Waals surface area (Å²) < 4.78 is 5.44. The summed E-state index contributed by atoms with van der Waals surface area (Å²) in [5.41, 5.74) is 1.35. The van der Waals surface area contributed by atoms with Crippen molar-refractivity contribution in [3.05, 3.63) is 71.3 Å². The maximum atomic E-state index is 14.2. The Morgan fingerprint density at radius 1 is 0.868 bits per heavy atom. The number of ether oxygens (including phenoxy) is 1. The van der Waals surface area contributed by atoms with Crippen LogP contribution in [0.4, 0.5) is 4.79 Å². The van der Waals surface area contributed by atoms with E-state index in [9.17, 15) is 14.4 Å². The number of rotatable bonds is 9. The fraction of sp³-hybridized carbons (Fsp3) is 0.516. The van der Waals surface area contributed by atoms with Crippen molar-refractivity contribution in [2.24, 2.45) is 5.92 Å². The summed E-state index contributed by atoms with van der Waals surface area (Å²) >= 11 is 0. The zero-order valence-corrected chi connectivity index (χ0v) is 24.4. The average Bonchev–Trinajstić information content (AvgIpc) is 2.82. The molecule has 0 saturated carbocycles. The Morgan fingerprint density at radius 2 is 1.45 bits per heavy atom. The van der Waals surface area contributed by atoms with Crippen LogP contribution in [0.5, 0.6) is 0 Å². The van der Waals surface area contributed by atoms with Crippen LogP contribution < -0.4 is 10.6 Å². The lowest BCUT2D eigenvalue weighted by molar-refractivity contribution is -0.149. The Hall–Kier alpha value is -3.35. The van der Waals surface area contributed by atoms with Crippen molar-refractivity contribution in [1.82, 2.24) is 15.5 Å². The SMILES string of the molecule is CCc1ccc(C(C(=O)NCc2ccccc2)N(C(=O)C(NC(=O)OC(C)(C)C)C(C)C)C(C)(C)C)cc1. The van der Waals surface area contributed by atoms with Gasteiger partial charge in [0.25, 0.3) is 0 Å². The number of benzene rings is 2. The van der Waals surface area contributed by atoms with E-state index in [0.717, 1.165) is 17.5 Å². The highest BCUT2D eigenvalue weighted by Gasteiger charge is 2.42. The van der Waals surface area contributed by atoms with Gasteiger partial charge in [0.2, 0.25) is 11.8 Å². The van der Waals surface area contributed by atoms with Gasteiger partial charge in [0.05, 0.1) is 0 Å². The van der Waals surface area contributed by atoms with Crippen LogP contribution in [0.15, 0.2) is 54.6 Å². The lowest BCUT2D eigenvalue weighted by atomic mass is 9.92. The molecule has 38 heavy (non-hydrogen) atoms. The zero-order valence-electron chi connectivity index (χ0n) is 24.4. The first-order valence-electron chi connectivity index (χ1n) is 13.4. The summed E-state index contributed by atoms with van der Waals surface area (Å²) in [7, 11) is 0. The van der Waals surface area contributed by atoms with E-state index in [1.54, 1.807) is 25.7 Å². The van der Waals surface area contributed by atoms with Gasteiger partial charge in [0, 0.05) is 12.1 Å². The molecule has 0 spiro atoms. The number of carbonyl (C=O) groups is 3. The van der Waals surface area contributed by atoms with Crippen LogP contribution in [-0.2, 0) is 27.3 Å². The highest BCUT2D eigenvalue weighted by atomic mass is 16.6. The molecule has 0 radical (unpaired) electrons. The number of nitrogens with one attached hydrogen (secondary N) is 2. The van der Waals surface area contributed by atoms with Gasteiger partial charge in [-0.1, -0.05) is 75.4 Å². The van der Waals surface area contributed by atoms with Crippen LogP contribution in [-0.4, -0.2) is 40.0 Å². The first-order valence-corrected chi connectivity index (χ1v) is 13.4. The maximum Gasteiger partial charge on any atom is 0.408 e. The van der Waals surface area contributed by atoms with Gasteiger partial charge in [-0.15, -0.1) is 0 Å². The highest BCUT2D eigenvalue weighted by molar-refractivity contribution is 5.92. The van der Waals surface area contributed by atoms with Crippen molar-refractivity contribution in [2.45, 2.75) is 98.5 Å². The Kier molecular flexibility index (Phi) is 10.5. The summed E-state index contributed by atoms with van der Waals surface area (Å²) in [5, 5.41) is 5.79. The van der Waals surface area contributed by atoms with Crippen molar-refractivity contribution < 1.29 is 19.1 Å². The van der Waals surface area contributed by atoms with Crippen LogP contribution in [0.2, 0.25) is 0 Å². The highest BCUT2D eigenvalue weighted by Crippen LogP contribution is 2.31. The standard InChI is InChI=1S/C31H45N3O4/c1-10-22-16-18-24(19-17-22)26(27(35)32-20-23-14-12-11-13-15-23)34(30(4,5)6)28(36)25(21(2)3)33-29(37)38-31(7,8)9/h11-19,21,25-26H,10,20H2,1-9H3,(H,32,35)(H,33,37).